The summed E-state index contributed by atoms with van der Waals surface area (Å²) in [5.74, 6) is 2.60. The number of hydrogen-bond donors (Lipinski definition) is 2. The molecule has 0 aromatic carbocycles. The largest absolute Gasteiger partial charge is 0.365 e. The van der Waals surface area contributed by atoms with Crippen LogP contribution >= 0.6 is 0 Å². The molecule has 0 atom stereocenters. The quantitative estimate of drug-likeness (QED) is 0.830. The van der Waals surface area contributed by atoms with Gasteiger partial charge in [-0.2, -0.15) is 5.10 Å². The number of nitrogens with one attached hydrogen (secondary N) is 2. The van der Waals surface area contributed by atoms with Crippen LogP contribution in [-0.4, -0.2) is 19.7 Å². The maximum absolute atomic E-state index is 4.95. The normalized spacial score (nSPS) is 17.0. The fraction of sp³-hybridized carbons (Fsp3) is 0.650. The maximum atomic E-state index is 4.95. The Hall–Kier alpha value is -1.95. The molecule has 3 heterocycles. The second-order valence-electron chi connectivity index (χ2n) is 7.67. The number of anilines is 1. The minimum absolute atomic E-state index is 0.539. The molecule has 0 spiro atoms. The van der Waals surface area contributed by atoms with Crippen molar-refractivity contribution in [3.8, 4) is 0 Å². The molecule has 0 radical (unpaired) electrons. The molecule has 2 aliphatic rings. The van der Waals surface area contributed by atoms with E-state index in [9.17, 15) is 0 Å². The van der Waals surface area contributed by atoms with E-state index in [2.05, 4.69) is 36.1 Å². The molecule has 6 nitrogen and oxygen atoms in total. The summed E-state index contributed by atoms with van der Waals surface area (Å²) in [5.41, 5.74) is 6.08. The summed E-state index contributed by atoms with van der Waals surface area (Å²) < 4.78 is 2.13. The van der Waals surface area contributed by atoms with E-state index in [1.165, 1.54) is 48.2 Å². The van der Waals surface area contributed by atoms with Crippen LogP contribution in [0, 0.1) is 13.8 Å². The third kappa shape index (κ3) is 3.22. The molecule has 2 aromatic heterocycles. The van der Waals surface area contributed by atoms with E-state index < -0.39 is 0 Å². The Morgan fingerprint density at radius 2 is 1.96 bits per heavy atom. The predicted octanol–water partition coefficient (Wildman–Crippen LogP) is 3.57. The van der Waals surface area contributed by atoms with Crippen LogP contribution in [0.3, 0.4) is 0 Å². The second kappa shape index (κ2) is 7.35. The molecular formula is C20H30N6. The molecule has 4 rings (SSSR count). The first-order chi connectivity index (χ1) is 12.7. The van der Waals surface area contributed by atoms with Crippen molar-refractivity contribution in [3.63, 3.8) is 0 Å². The molecule has 0 amide bonds. The molecule has 6 heteroatoms. The lowest BCUT2D eigenvalue weighted by Gasteiger charge is -2.15. The van der Waals surface area contributed by atoms with Crippen molar-refractivity contribution in [1.29, 1.82) is 0 Å². The predicted molar refractivity (Wildman–Crippen MR) is 103 cm³/mol. The summed E-state index contributed by atoms with van der Waals surface area (Å²) >= 11 is 0. The number of aryl methyl sites for hydroxylation is 2. The number of fused-ring (bicyclic) bond motifs is 1. The van der Waals surface area contributed by atoms with Gasteiger partial charge in [0.05, 0.1) is 11.4 Å². The average Bonchev–Trinajstić information content (AvgIpc) is 3.36. The highest BCUT2D eigenvalue weighted by molar-refractivity contribution is 5.49. The van der Waals surface area contributed by atoms with Crippen LogP contribution in [0.25, 0.3) is 0 Å². The highest BCUT2D eigenvalue weighted by Gasteiger charge is 2.25. The van der Waals surface area contributed by atoms with E-state index in [1.807, 2.05) is 0 Å². The molecule has 1 saturated carbocycles. The van der Waals surface area contributed by atoms with Crippen LogP contribution in [0.5, 0.6) is 0 Å². The Bertz CT molecular complexity index is 788. The van der Waals surface area contributed by atoms with Gasteiger partial charge in [0.1, 0.15) is 11.6 Å². The third-order valence-electron chi connectivity index (χ3n) is 5.82. The van der Waals surface area contributed by atoms with Gasteiger partial charge in [-0.3, -0.25) is 4.68 Å². The van der Waals surface area contributed by atoms with E-state index in [0.29, 0.717) is 5.92 Å². The Morgan fingerprint density at radius 3 is 2.73 bits per heavy atom. The minimum atomic E-state index is 0.539. The van der Waals surface area contributed by atoms with Crippen molar-refractivity contribution < 1.29 is 0 Å². The molecule has 0 unspecified atom stereocenters. The average molecular weight is 355 g/mol. The zero-order valence-corrected chi connectivity index (χ0v) is 16.2. The molecule has 1 aliphatic carbocycles. The van der Waals surface area contributed by atoms with Crippen molar-refractivity contribution in [2.45, 2.75) is 85.0 Å². The number of hydrogen-bond acceptors (Lipinski definition) is 5. The van der Waals surface area contributed by atoms with Gasteiger partial charge in [0, 0.05) is 48.9 Å². The maximum Gasteiger partial charge on any atom is 0.134 e. The fourth-order valence-corrected chi connectivity index (χ4v) is 4.29. The number of nitrogens with zero attached hydrogens (tertiary/aromatic N) is 4. The topological polar surface area (TPSA) is 67.7 Å². The molecule has 0 bridgehead atoms. The van der Waals surface area contributed by atoms with E-state index in [-0.39, 0.29) is 0 Å². The van der Waals surface area contributed by atoms with Gasteiger partial charge in [0.2, 0.25) is 0 Å². The van der Waals surface area contributed by atoms with Crippen LogP contribution < -0.4 is 10.6 Å². The van der Waals surface area contributed by atoms with Crippen molar-refractivity contribution in [3.05, 3.63) is 34.0 Å². The highest BCUT2D eigenvalue weighted by atomic mass is 15.3. The van der Waals surface area contributed by atoms with Crippen LogP contribution in [0.4, 0.5) is 5.82 Å². The standard InChI is InChI=1S/C20H30N6/c1-4-9-26-14(3)16(13(2)25-26)11-22-20-17-10-21-12-18(17)23-19(24-20)15-7-5-6-8-15/h15,21H,4-12H2,1-3H3,(H,22,23,24). The molecule has 26 heavy (non-hydrogen) atoms. The lowest BCUT2D eigenvalue weighted by molar-refractivity contribution is 0.582. The van der Waals surface area contributed by atoms with Crippen LogP contribution in [0.2, 0.25) is 0 Å². The summed E-state index contributed by atoms with van der Waals surface area (Å²) in [5, 5.41) is 11.7. The van der Waals surface area contributed by atoms with Gasteiger partial charge in [-0.1, -0.05) is 19.8 Å². The van der Waals surface area contributed by atoms with Crippen LogP contribution in [0.1, 0.15) is 79.0 Å². The van der Waals surface area contributed by atoms with Crippen LogP contribution in [0.15, 0.2) is 0 Å². The smallest absolute Gasteiger partial charge is 0.134 e. The minimum Gasteiger partial charge on any atom is -0.365 e. The lowest BCUT2D eigenvalue weighted by atomic mass is 10.1. The van der Waals surface area contributed by atoms with Crippen LogP contribution in [-0.2, 0) is 26.2 Å². The van der Waals surface area contributed by atoms with Gasteiger partial charge in [-0.25, -0.2) is 9.97 Å². The number of rotatable bonds is 6. The van der Waals surface area contributed by atoms with E-state index >= 15 is 0 Å². The summed E-state index contributed by atoms with van der Waals surface area (Å²) in [6.45, 7) is 9.93. The second-order valence-corrected chi connectivity index (χ2v) is 7.67. The zero-order valence-electron chi connectivity index (χ0n) is 16.2. The SMILES string of the molecule is CCCn1nc(C)c(CNc2nc(C3CCCC3)nc3c2CNC3)c1C. The van der Waals surface area contributed by atoms with Gasteiger partial charge in [-0.05, 0) is 33.1 Å². The number of aromatic nitrogens is 4. The molecule has 0 saturated heterocycles. The first kappa shape index (κ1) is 17.5. The van der Waals surface area contributed by atoms with Gasteiger partial charge in [-0.15, -0.1) is 0 Å². The third-order valence-corrected chi connectivity index (χ3v) is 5.82. The molecular weight excluding hydrogens is 324 g/mol. The van der Waals surface area contributed by atoms with Crippen molar-refractivity contribution in [2.75, 3.05) is 5.32 Å². The molecule has 140 valence electrons. The molecule has 2 aromatic rings. The van der Waals surface area contributed by atoms with Crippen molar-refractivity contribution >= 4 is 5.82 Å². The van der Waals surface area contributed by atoms with E-state index in [0.717, 1.165) is 49.9 Å². The molecule has 1 aliphatic heterocycles. The Morgan fingerprint density at radius 1 is 1.15 bits per heavy atom. The summed E-state index contributed by atoms with van der Waals surface area (Å²) in [4.78, 5) is 9.84. The van der Waals surface area contributed by atoms with Gasteiger partial charge in [0.15, 0.2) is 0 Å². The summed E-state index contributed by atoms with van der Waals surface area (Å²) in [6.07, 6.45) is 6.17. The monoisotopic (exact) mass is 354 g/mol. The van der Waals surface area contributed by atoms with Crippen molar-refractivity contribution in [2.24, 2.45) is 0 Å². The lowest BCUT2D eigenvalue weighted by Crippen LogP contribution is -2.11. The van der Waals surface area contributed by atoms with Gasteiger partial charge in [0.25, 0.3) is 0 Å². The summed E-state index contributed by atoms with van der Waals surface area (Å²) in [7, 11) is 0. The Balaban J connectivity index is 1.58. The van der Waals surface area contributed by atoms with Gasteiger partial charge < -0.3 is 10.6 Å². The molecule has 1 fully saturated rings. The van der Waals surface area contributed by atoms with E-state index in [1.54, 1.807) is 0 Å². The highest BCUT2D eigenvalue weighted by Crippen LogP contribution is 2.34. The van der Waals surface area contributed by atoms with E-state index in [4.69, 9.17) is 15.1 Å². The Labute approximate surface area is 155 Å². The summed E-state index contributed by atoms with van der Waals surface area (Å²) in [6, 6.07) is 0. The molecule has 2 N–H and O–H groups in total. The first-order valence-electron chi connectivity index (χ1n) is 10.0. The Kier molecular flexibility index (Phi) is 4.94. The fourth-order valence-electron chi connectivity index (χ4n) is 4.29. The van der Waals surface area contributed by atoms with Gasteiger partial charge >= 0.3 is 0 Å². The first-order valence-corrected chi connectivity index (χ1v) is 10.0. The zero-order chi connectivity index (χ0) is 18.1. The van der Waals surface area contributed by atoms with Crippen molar-refractivity contribution in [1.82, 2.24) is 25.1 Å².